The third-order valence-corrected chi connectivity index (χ3v) is 6.73. The summed E-state index contributed by atoms with van der Waals surface area (Å²) in [4.78, 5) is 11.4. The molecule has 2 atom stereocenters. The van der Waals surface area contributed by atoms with Gasteiger partial charge >= 0.3 is 5.97 Å². The van der Waals surface area contributed by atoms with E-state index in [2.05, 4.69) is 36.4 Å². The lowest BCUT2D eigenvalue weighted by Crippen LogP contribution is -2.30. The van der Waals surface area contributed by atoms with E-state index in [4.69, 9.17) is 42.1 Å². The van der Waals surface area contributed by atoms with Gasteiger partial charge in [-0.3, -0.25) is 4.79 Å². The van der Waals surface area contributed by atoms with Crippen molar-refractivity contribution in [3.63, 3.8) is 0 Å². The van der Waals surface area contributed by atoms with Gasteiger partial charge in [-0.05, 0) is 55.7 Å². The van der Waals surface area contributed by atoms with Gasteiger partial charge in [-0.1, -0.05) is 71.8 Å². The molecule has 0 saturated heterocycles. The predicted molar refractivity (Wildman–Crippen MR) is 152 cm³/mol. The van der Waals surface area contributed by atoms with Crippen LogP contribution in [0, 0.1) is 0 Å². The lowest BCUT2D eigenvalue weighted by atomic mass is 9.78. The van der Waals surface area contributed by atoms with Crippen LogP contribution >= 0.6 is 45.8 Å². The number of ether oxygens (including phenoxy) is 4. The van der Waals surface area contributed by atoms with E-state index >= 15 is 0 Å². The molecule has 0 amide bonds. The zero-order valence-electron chi connectivity index (χ0n) is 21.4. The van der Waals surface area contributed by atoms with Gasteiger partial charge < -0.3 is 24.1 Å². The van der Waals surface area contributed by atoms with Crippen LogP contribution in [-0.4, -0.2) is 53.6 Å². The molecule has 2 rings (SSSR count). The van der Waals surface area contributed by atoms with Crippen LogP contribution in [0.3, 0.4) is 0 Å². The molecule has 0 fully saturated rings. The molecule has 0 bridgehead atoms. The van der Waals surface area contributed by atoms with Gasteiger partial charge in [0.25, 0.3) is 0 Å². The molecule has 0 heterocycles. The number of aliphatic hydroxyl groups excluding tert-OH is 1. The van der Waals surface area contributed by atoms with E-state index in [0.29, 0.717) is 28.0 Å². The number of alkyl halides is 1. The number of aliphatic hydroxyl groups is 1. The van der Waals surface area contributed by atoms with Crippen molar-refractivity contribution in [3.8, 4) is 11.5 Å². The average Bonchev–Trinajstić information content (AvgIpc) is 2.80. The molecule has 0 radical (unpaired) electrons. The smallest absolute Gasteiger partial charge is 0.303 e. The van der Waals surface area contributed by atoms with E-state index < -0.39 is 17.6 Å². The summed E-state index contributed by atoms with van der Waals surface area (Å²) in [5.74, 6) is 0.651. The molecule has 0 aromatic heterocycles. The first-order valence-electron chi connectivity index (χ1n) is 11.8. The minimum atomic E-state index is -0.571. The van der Waals surface area contributed by atoms with Gasteiger partial charge in [0.2, 0.25) is 0 Å². The summed E-state index contributed by atoms with van der Waals surface area (Å²) >= 11 is 15.2. The fourth-order valence-corrected chi connectivity index (χ4v) is 4.74. The van der Waals surface area contributed by atoms with Crippen LogP contribution in [0.2, 0.25) is 10.0 Å². The van der Waals surface area contributed by atoms with E-state index in [1.54, 1.807) is 0 Å². The summed E-state index contributed by atoms with van der Waals surface area (Å²) in [6, 6.07) is 11.4. The maximum Gasteiger partial charge on any atom is 0.303 e. The van der Waals surface area contributed by atoms with E-state index in [9.17, 15) is 9.90 Å². The Morgan fingerprint density at radius 3 is 2.14 bits per heavy atom. The van der Waals surface area contributed by atoms with Crippen molar-refractivity contribution < 1.29 is 28.8 Å². The lowest BCUT2D eigenvalue weighted by Gasteiger charge is -2.27. The van der Waals surface area contributed by atoms with E-state index in [-0.39, 0.29) is 31.9 Å². The second-order valence-corrected chi connectivity index (χ2v) is 11.2. The van der Waals surface area contributed by atoms with Crippen LogP contribution in [-0.2, 0) is 19.7 Å². The summed E-state index contributed by atoms with van der Waals surface area (Å²) < 4.78 is 23.3. The average molecular weight is 653 g/mol. The van der Waals surface area contributed by atoms with Crippen molar-refractivity contribution in [2.24, 2.45) is 0 Å². The van der Waals surface area contributed by atoms with Gasteiger partial charge in [-0.15, -0.1) is 0 Å². The Kier molecular flexibility index (Phi) is 12.6. The first-order chi connectivity index (χ1) is 16.9. The van der Waals surface area contributed by atoms with Crippen LogP contribution < -0.4 is 9.47 Å². The lowest BCUT2D eigenvalue weighted by molar-refractivity contribution is -0.152. The molecule has 6 nitrogen and oxygen atoms in total. The zero-order valence-corrected chi connectivity index (χ0v) is 25.0. The Bertz CT molecular complexity index is 958. The molecule has 2 aromatic carbocycles. The summed E-state index contributed by atoms with van der Waals surface area (Å²) in [6.45, 7) is 9.95. The maximum absolute atomic E-state index is 11.4. The Hall–Kier alpha value is -1.26. The highest BCUT2D eigenvalue weighted by molar-refractivity contribution is 14.1. The molecule has 2 aromatic rings. The molecule has 2 unspecified atom stereocenters. The number of benzene rings is 2. The molecule has 0 aliphatic carbocycles. The van der Waals surface area contributed by atoms with Gasteiger partial charge in [-0.25, -0.2) is 0 Å². The highest BCUT2D eigenvalue weighted by Gasteiger charge is 2.26. The molecule has 0 aliphatic rings. The maximum atomic E-state index is 11.4. The summed E-state index contributed by atoms with van der Waals surface area (Å²) in [5, 5.41) is 10.7. The van der Waals surface area contributed by atoms with Gasteiger partial charge in [0.1, 0.15) is 19.0 Å². The summed E-state index contributed by atoms with van der Waals surface area (Å²) in [7, 11) is 0. The summed E-state index contributed by atoms with van der Waals surface area (Å²) in [6.07, 6.45) is -0.400. The monoisotopic (exact) mass is 652 g/mol. The molecule has 36 heavy (non-hydrogen) atoms. The largest absolute Gasteiger partial charge is 0.490 e. The van der Waals surface area contributed by atoms with Crippen LogP contribution in [0.5, 0.6) is 11.5 Å². The van der Waals surface area contributed by atoms with Crippen LogP contribution in [0.1, 0.15) is 52.2 Å². The van der Waals surface area contributed by atoms with Crippen molar-refractivity contribution in [1.82, 2.24) is 0 Å². The molecule has 200 valence electrons. The van der Waals surface area contributed by atoms with Crippen molar-refractivity contribution >= 4 is 51.8 Å². The minimum absolute atomic E-state index is 0.0274. The number of esters is 1. The van der Waals surface area contributed by atoms with Crippen molar-refractivity contribution in [1.29, 1.82) is 0 Å². The molecule has 0 aliphatic heterocycles. The fourth-order valence-electron chi connectivity index (χ4n) is 3.42. The second-order valence-electron chi connectivity index (χ2n) is 9.29. The molecular weight excluding hydrogens is 618 g/mol. The second kappa shape index (κ2) is 14.6. The number of halogens is 3. The zero-order chi connectivity index (χ0) is 26.9. The van der Waals surface area contributed by atoms with Gasteiger partial charge in [-0.2, -0.15) is 0 Å². The number of carbonyl (C=O) groups is 1. The molecular formula is C27H35Cl2IO6. The van der Waals surface area contributed by atoms with Crippen molar-refractivity contribution in [3.05, 3.63) is 57.6 Å². The molecule has 9 heteroatoms. The van der Waals surface area contributed by atoms with Crippen LogP contribution in [0.4, 0.5) is 0 Å². The van der Waals surface area contributed by atoms with E-state index in [1.807, 2.05) is 50.2 Å². The Morgan fingerprint density at radius 2 is 1.61 bits per heavy atom. The van der Waals surface area contributed by atoms with Crippen LogP contribution in [0.15, 0.2) is 36.4 Å². The van der Waals surface area contributed by atoms with E-state index in [1.165, 1.54) is 6.92 Å². The normalized spacial score (nSPS) is 13.4. The third kappa shape index (κ3) is 9.56. The molecule has 1 N–H and O–H groups in total. The number of hydrogen-bond acceptors (Lipinski definition) is 6. The van der Waals surface area contributed by atoms with E-state index in [0.717, 1.165) is 15.6 Å². The Labute approximate surface area is 237 Å². The number of rotatable bonds is 14. The quantitative estimate of drug-likeness (QED) is 0.141. The molecule has 0 saturated carbocycles. The predicted octanol–water partition coefficient (Wildman–Crippen LogP) is 6.62. The molecule has 0 spiro atoms. The fraction of sp³-hybridized carbons (Fsp3) is 0.519. The highest BCUT2D eigenvalue weighted by atomic mass is 127. The van der Waals surface area contributed by atoms with Crippen molar-refractivity contribution in [2.75, 3.05) is 24.2 Å². The topological polar surface area (TPSA) is 74.2 Å². The van der Waals surface area contributed by atoms with Crippen LogP contribution in [0.25, 0.3) is 0 Å². The Balaban J connectivity index is 2.10. The minimum Gasteiger partial charge on any atom is -0.490 e. The summed E-state index contributed by atoms with van der Waals surface area (Å²) in [5.41, 5.74) is 1.55. The SMILES string of the molecule is CC(=O)OC(COc1ccc(C(C)(C)c2cc(Cl)c(OCC(O)CCI)c(Cl)c2)cc1)COC(C)C. The van der Waals surface area contributed by atoms with Gasteiger partial charge in [0, 0.05) is 16.8 Å². The third-order valence-electron chi connectivity index (χ3n) is 5.54. The standard InChI is InChI=1S/C27H35Cl2IO6/c1-17(2)33-15-23(36-18(3)31)16-34-22-8-6-19(7-9-22)27(4,5)20-12-24(28)26(25(29)13-20)35-14-21(32)10-11-30/h6-9,12-13,17,21,23,32H,10-11,14-16H2,1-5H3. The van der Waals surface area contributed by atoms with Crippen molar-refractivity contribution in [2.45, 2.75) is 64.8 Å². The first-order valence-corrected chi connectivity index (χ1v) is 14.1. The van der Waals surface area contributed by atoms with Gasteiger partial charge in [0.05, 0.1) is 28.9 Å². The Morgan fingerprint density at radius 1 is 1.00 bits per heavy atom. The number of hydrogen-bond donors (Lipinski definition) is 1. The number of carbonyl (C=O) groups excluding carboxylic acids is 1. The van der Waals surface area contributed by atoms with Gasteiger partial charge in [0.15, 0.2) is 11.9 Å². The first kappa shape index (κ1) is 31.0. The highest BCUT2D eigenvalue weighted by Crippen LogP contribution is 2.40.